The number of hydrogen-bond acceptors (Lipinski definition) is 4. The standard InChI is InChI=1S/C19H26N2O3/c1-5-21(13-15(3)4)14-18(22)20-17-10-7-16(8-11-17)9-12-19(23)24-6-2/h7-12H,3,5-6,13-14H2,1-2,4H3,(H,20,22)/b12-9+. The second-order valence-corrected chi connectivity index (χ2v) is 5.52. The van der Waals surface area contributed by atoms with Crippen LogP contribution in [0.1, 0.15) is 26.3 Å². The maximum Gasteiger partial charge on any atom is 0.330 e. The van der Waals surface area contributed by atoms with Crippen molar-refractivity contribution in [3.05, 3.63) is 48.1 Å². The first-order valence-corrected chi connectivity index (χ1v) is 8.06. The van der Waals surface area contributed by atoms with Gasteiger partial charge in [-0.3, -0.25) is 9.69 Å². The third kappa shape index (κ3) is 7.74. The van der Waals surface area contributed by atoms with E-state index in [0.29, 0.717) is 19.7 Å². The molecule has 0 aliphatic heterocycles. The summed E-state index contributed by atoms with van der Waals surface area (Å²) in [5, 5.41) is 2.87. The zero-order chi connectivity index (χ0) is 17.9. The predicted octanol–water partition coefficient (Wildman–Crippen LogP) is 3.10. The van der Waals surface area contributed by atoms with Crippen LogP contribution in [-0.2, 0) is 14.3 Å². The van der Waals surface area contributed by atoms with Crippen molar-refractivity contribution in [1.82, 2.24) is 4.90 Å². The van der Waals surface area contributed by atoms with Crippen LogP contribution in [0.2, 0.25) is 0 Å². The summed E-state index contributed by atoms with van der Waals surface area (Å²) >= 11 is 0. The summed E-state index contributed by atoms with van der Waals surface area (Å²) in [4.78, 5) is 25.4. The zero-order valence-corrected chi connectivity index (χ0v) is 14.7. The second-order valence-electron chi connectivity index (χ2n) is 5.52. The minimum absolute atomic E-state index is 0.0621. The Kier molecular flexibility index (Phi) is 8.50. The van der Waals surface area contributed by atoms with E-state index in [-0.39, 0.29) is 11.9 Å². The Balaban J connectivity index is 2.55. The van der Waals surface area contributed by atoms with Gasteiger partial charge in [0.2, 0.25) is 5.91 Å². The van der Waals surface area contributed by atoms with Crippen molar-refractivity contribution >= 4 is 23.6 Å². The summed E-state index contributed by atoms with van der Waals surface area (Å²) in [6.07, 6.45) is 3.06. The smallest absolute Gasteiger partial charge is 0.330 e. The van der Waals surface area contributed by atoms with Crippen LogP contribution in [0, 0.1) is 0 Å². The number of rotatable bonds is 9. The highest BCUT2D eigenvalue weighted by Gasteiger charge is 2.09. The van der Waals surface area contributed by atoms with Gasteiger partial charge in [0.1, 0.15) is 0 Å². The number of carbonyl (C=O) groups is 2. The van der Waals surface area contributed by atoms with E-state index in [0.717, 1.165) is 23.4 Å². The van der Waals surface area contributed by atoms with Gasteiger partial charge in [-0.15, -0.1) is 0 Å². The maximum absolute atomic E-state index is 12.1. The fourth-order valence-electron chi connectivity index (χ4n) is 2.10. The van der Waals surface area contributed by atoms with Crippen molar-refractivity contribution in [2.24, 2.45) is 0 Å². The summed E-state index contributed by atoms with van der Waals surface area (Å²) < 4.78 is 4.82. The molecule has 0 saturated carbocycles. The zero-order valence-electron chi connectivity index (χ0n) is 14.7. The van der Waals surface area contributed by atoms with Gasteiger partial charge in [-0.1, -0.05) is 31.2 Å². The summed E-state index contributed by atoms with van der Waals surface area (Å²) in [6.45, 7) is 11.8. The molecule has 0 aromatic heterocycles. The largest absolute Gasteiger partial charge is 0.463 e. The predicted molar refractivity (Wildman–Crippen MR) is 97.7 cm³/mol. The molecule has 1 N–H and O–H groups in total. The van der Waals surface area contributed by atoms with Crippen molar-refractivity contribution in [2.75, 3.05) is 31.6 Å². The monoisotopic (exact) mass is 330 g/mol. The SMILES string of the molecule is C=C(C)CN(CC)CC(=O)Nc1ccc(/C=C/C(=O)OCC)cc1. The molecule has 24 heavy (non-hydrogen) atoms. The van der Waals surface area contributed by atoms with E-state index in [9.17, 15) is 9.59 Å². The molecule has 5 nitrogen and oxygen atoms in total. The van der Waals surface area contributed by atoms with Crippen molar-refractivity contribution in [3.8, 4) is 0 Å². The van der Waals surface area contributed by atoms with Crippen LogP contribution >= 0.6 is 0 Å². The van der Waals surface area contributed by atoms with E-state index in [1.54, 1.807) is 25.1 Å². The van der Waals surface area contributed by atoms with Crippen LogP contribution in [0.5, 0.6) is 0 Å². The summed E-state index contributed by atoms with van der Waals surface area (Å²) in [5.74, 6) is -0.431. The normalized spacial score (nSPS) is 10.8. The van der Waals surface area contributed by atoms with E-state index < -0.39 is 0 Å². The third-order valence-electron chi connectivity index (χ3n) is 3.20. The Morgan fingerprint density at radius 1 is 1.21 bits per heavy atom. The lowest BCUT2D eigenvalue weighted by Gasteiger charge is -2.19. The van der Waals surface area contributed by atoms with Gasteiger partial charge in [0, 0.05) is 18.3 Å². The highest BCUT2D eigenvalue weighted by atomic mass is 16.5. The molecule has 0 fully saturated rings. The van der Waals surface area contributed by atoms with E-state index in [1.165, 1.54) is 6.08 Å². The van der Waals surface area contributed by atoms with Crippen molar-refractivity contribution in [2.45, 2.75) is 20.8 Å². The molecule has 0 aliphatic carbocycles. The topological polar surface area (TPSA) is 58.6 Å². The molecule has 130 valence electrons. The van der Waals surface area contributed by atoms with Gasteiger partial charge in [-0.2, -0.15) is 0 Å². The Morgan fingerprint density at radius 3 is 2.42 bits per heavy atom. The number of hydrogen-bond donors (Lipinski definition) is 1. The molecule has 0 unspecified atom stereocenters. The number of nitrogens with zero attached hydrogens (tertiary/aromatic N) is 1. The minimum Gasteiger partial charge on any atom is -0.463 e. The number of ether oxygens (including phenoxy) is 1. The lowest BCUT2D eigenvalue weighted by Crippen LogP contribution is -2.34. The molecule has 0 atom stereocenters. The minimum atomic E-state index is -0.368. The maximum atomic E-state index is 12.1. The van der Waals surface area contributed by atoms with Crippen LogP contribution in [0.25, 0.3) is 6.08 Å². The van der Waals surface area contributed by atoms with Gasteiger partial charge in [0.05, 0.1) is 13.2 Å². The van der Waals surface area contributed by atoms with Crippen LogP contribution in [0.15, 0.2) is 42.5 Å². The number of benzene rings is 1. The van der Waals surface area contributed by atoms with Crippen LogP contribution in [0.4, 0.5) is 5.69 Å². The first-order chi connectivity index (χ1) is 11.4. The average Bonchev–Trinajstić information content (AvgIpc) is 2.53. The van der Waals surface area contributed by atoms with Crippen molar-refractivity contribution in [1.29, 1.82) is 0 Å². The van der Waals surface area contributed by atoms with Gasteiger partial charge < -0.3 is 10.1 Å². The second kappa shape index (κ2) is 10.4. The lowest BCUT2D eigenvalue weighted by molar-refractivity contribution is -0.137. The fourth-order valence-corrected chi connectivity index (χ4v) is 2.10. The molecule has 0 radical (unpaired) electrons. The number of likely N-dealkylation sites (N-methyl/N-ethyl adjacent to an activating group) is 1. The van der Waals surface area contributed by atoms with Gasteiger partial charge >= 0.3 is 5.97 Å². The highest BCUT2D eigenvalue weighted by molar-refractivity contribution is 5.92. The molecule has 0 saturated heterocycles. The number of carbonyl (C=O) groups excluding carboxylic acids is 2. The molecule has 1 amide bonds. The highest BCUT2D eigenvalue weighted by Crippen LogP contribution is 2.11. The molecular weight excluding hydrogens is 304 g/mol. The van der Waals surface area contributed by atoms with Crippen LogP contribution in [0.3, 0.4) is 0 Å². The summed E-state index contributed by atoms with van der Waals surface area (Å²) in [6, 6.07) is 7.27. The first kappa shape index (κ1) is 19.6. The van der Waals surface area contributed by atoms with Gasteiger partial charge in [0.15, 0.2) is 0 Å². The number of esters is 1. The van der Waals surface area contributed by atoms with Gasteiger partial charge in [0.25, 0.3) is 0 Å². The molecule has 0 spiro atoms. The molecular formula is C19H26N2O3. The average molecular weight is 330 g/mol. The summed E-state index contributed by atoms with van der Waals surface area (Å²) in [7, 11) is 0. The molecule has 1 aromatic carbocycles. The Bertz CT molecular complexity index is 591. The molecule has 0 aliphatic rings. The molecule has 1 rings (SSSR count). The quantitative estimate of drug-likeness (QED) is 0.429. The molecule has 1 aromatic rings. The van der Waals surface area contributed by atoms with Crippen molar-refractivity contribution < 1.29 is 14.3 Å². The van der Waals surface area contributed by atoms with Gasteiger partial charge in [-0.25, -0.2) is 4.79 Å². The van der Waals surface area contributed by atoms with Gasteiger partial charge in [-0.05, 0) is 44.2 Å². The Morgan fingerprint density at radius 2 is 1.88 bits per heavy atom. The van der Waals surface area contributed by atoms with Crippen LogP contribution < -0.4 is 5.32 Å². The molecule has 5 heteroatoms. The lowest BCUT2D eigenvalue weighted by atomic mass is 10.2. The number of anilines is 1. The number of amides is 1. The molecule has 0 heterocycles. The van der Waals surface area contributed by atoms with Crippen LogP contribution in [-0.4, -0.2) is 43.0 Å². The van der Waals surface area contributed by atoms with E-state index in [2.05, 4.69) is 11.9 Å². The Labute approximate surface area is 144 Å². The third-order valence-corrected chi connectivity index (χ3v) is 3.20. The fraction of sp³-hybridized carbons (Fsp3) is 0.368. The molecule has 0 bridgehead atoms. The van der Waals surface area contributed by atoms with E-state index in [4.69, 9.17) is 4.74 Å². The van der Waals surface area contributed by atoms with E-state index >= 15 is 0 Å². The van der Waals surface area contributed by atoms with Crippen molar-refractivity contribution in [3.63, 3.8) is 0 Å². The Hall–Kier alpha value is -2.40. The first-order valence-electron chi connectivity index (χ1n) is 8.06. The van der Waals surface area contributed by atoms with E-state index in [1.807, 2.05) is 30.9 Å². The number of nitrogens with one attached hydrogen (secondary N) is 1. The summed E-state index contributed by atoms with van der Waals surface area (Å²) in [5.41, 5.74) is 2.61.